The summed E-state index contributed by atoms with van der Waals surface area (Å²) in [6.07, 6.45) is 7.82. The van der Waals surface area contributed by atoms with Gasteiger partial charge in [-0.2, -0.15) is 5.26 Å². The fourth-order valence-electron chi connectivity index (χ4n) is 5.22. The van der Waals surface area contributed by atoms with E-state index >= 15 is 0 Å². The Balaban J connectivity index is 1.87. The molecule has 35 heavy (non-hydrogen) atoms. The maximum absolute atomic E-state index is 14.6. The van der Waals surface area contributed by atoms with Crippen molar-refractivity contribution in [3.63, 3.8) is 0 Å². The molecule has 1 fully saturated rings. The Morgan fingerprint density at radius 1 is 1.09 bits per heavy atom. The lowest BCUT2D eigenvalue weighted by Gasteiger charge is -2.26. The first-order valence-corrected chi connectivity index (χ1v) is 12.4. The van der Waals surface area contributed by atoms with Gasteiger partial charge in [0.15, 0.2) is 0 Å². The van der Waals surface area contributed by atoms with Gasteiger partial charge in [0.25, 0.3) is 5.56 Å². The van der Waals surface area contributed by atoms with Crippen LogP contribution >= 0.6 is 0 Å². The molecule has 1 heterocycles. The Bertz CT molecular complexity index is 1280. The van der Waals surface area contributed by atoms with Crippen molar-refractivity contribution in [2.75, 3.05) is 7.11 Å². The molecule has 0 aliphatic heterocycles. The molecular weight excluding hydrogens is 441 g/mol. The minimum absolute atomic E-state index is 0.0331. The third kappa shape index (κ3) is 5.14. The van der Waals surface area contributed by atoms with Crippen LogP contribution in [0.4, 0.5) is 4.39 Å². The molecule has 0 radical (unpaired) electrons. The van der Waals surface area contributed by atoms with E-state index < -0.39 is 5.82 Å². The lowest BCUT2D eigenvalue weighted by Crippen LogP contribution is -2.27. The molecule has 0 unspecified atom stereocenters. The van der Waals surface area contributed by atoms with Crippen LogP contribution < -0.4 is 10.3 Å². The van der Waals surface area contributed by atoms with Crippen molar-refractivity contribution in [1.29, 1.82) is 5.26 Å². The highest BCUT2D eigenvalue weighted by molar-refractivity contribution is 5.80. The van der Waals surface area contributed by atoms with Crippen LogP contribution in [-0.2, 0) is 7.05 Å². The van der Waals surface area contributed by atoms with Crippen molar-refractivity contribution in [3.8, 4) is 34.2 Å². The third-order valence-corrected chi connectivity index (χ3v) is 7.34. The second-order valence-electron chi connectivity index (χ2n) is 9.43. The monoisotopic (exact) mass is 473 g/mol. The zero-order chi connectivity index (χ0) is 24.9. The van der Waals surface area contributed by atoms with Gasteiger partial charge in [-0.05, 0) is 48.6 Å². The number of benzene rings is 2. The molecular formula is C29H32FN3O2. The first-order valence-electron chi connectivity index (χ1n) is 12.4. The highest BCUT2D eigenvalue weighted by Crippen LogP contribution is 2.36. The summed E-state index contributed by atoms with van der Waals surface area (Å²) in [6.45, 7) is 2.26. The second kappa shape index (κ2) is 10.9. The minimum atomic E-state index is -0.619. The fourth-order valence-corrected chi connectivity index (χ4v) is 5.22. The topological polar surface area (TPSA) is 67.9 Å². The van der Waals surface area contributed by atoms with E-state index in [0.29, 0.717) is 28.1 Å². The molecule has 0 spiro atoms. The molecule has 0 atom stereocenters. The largest absolute Gasteiger partial charge is 0.497 e. The summed E-state index contributed by atoms with van der Waals surface area (Å²) < 4.78 is 21.6. The summed E-state index contributed by atoms with van der Waals surface area (Å²) in [5.74, 6) is 1.77. The van der Waals surface area contributed by atoms with Crippen LogP contribution in [0.25, 0.3) is 22.4 Å². The van der Waals surface area contributed by atoms with E-state index in [9.17, 15) is 14.4 Å². The highest BCUT2D eigenvalue weighted by Gasteiger charge is 2.25. The van der Waals surface area contributed by atoms with Crippen molar-refractivity contribution in [3.05, 3.63) is 70.0 Å². The summed E-state index contributed by atoms with van der Waals surface area (Å²) in [5, 5.41) is 9.17. The molecule has 2 aromatic carbocycles. The molecule has 0 amide bonds. The lowest BCUT2D eigenvalue weighted by molar-refractivity contribution is 0.341. The molecule has 1 aliphatic rings. The van der Waals surface area contributed by atoms with Gasteiger partial charge in [0.1, 0.15) is 23.5 Å². The number of nitriles is 1. The number of hydrogen-bond acceptors (Lipinski definition) is 4. The molecule has 4 rings (SSSR count). The van der Waals surface area contributed by atoms with E-state index in [1.165, 1.54) is 31.4 Å². The van der Waals surface area contributed by atoms with Gasteiger partial charge in [-0.25, -0.2) is 9.37 Å². The van der Waals surface area contributed by atoms with E-state index in [1.54, 1.807) is 36.9 Å². The van der Waals surface area contributed by atoms with Crippen LogP contribution in [0.1, 0.15) is 69.2 Å². The first kappa shape index (κ1) is 24.7. The molecule has 0 bridgehead atoms. The smallest absolute Gasteiger partial charge is 0.261 e. The number of rotatable bonds is 5. The van der Waals surface area contributed by atoms with Crippen LogP contribution in [0, 0.1) is 23.1 Å². The predicted octanol–water partition coefficient (Wildman–Crippen LogP) is 6.60. The average Bonchev–Trinajstić information content (AvgIpc) is 2.86. The van der Waals surface area contributed by atoms with Gasteiger partial charge in [0, 0.05) is 18.5 Å². The zero-order valence-electron chi connectivity index (χ0n) is 20.7. The van der Waals surface area contributed by atoms with Gasteiger partial charge in [-0.3, -0.25) is 9.36 Å². The zero-order valence-corrected chi connectivity index (χ0v) is 20.7. The summed E-state index contributed by atoms with van der Waals surface area (Å²) in [7, 11) is 3.38. The van der Waals surface area contributed by atoms with Crippen molar-refractivity contribution in [1.82, 2.24) is 9.55 Å². The summed E-state index contributed by atoms with van der Waals surface area (Å²) in [5.41, 5.74) is 1.85. The Labute approximate surface area is 206 Å². The van der Waals surface area contributed by atoms with Crippen molar-refractivity contribution in [2.45, 2.75) is 57.8 Å². The first-order chi connectivity index (χ1) is 17.0. The number of ether oxygens (including phenoxy) is 1. The maximum atomic E-state index is 14.6. The molecule has 1 aliphatic carbocycles. The number of methoxy groups -OCH3 is 1. The number of hydrogen-bond donors (Lipinski definition) is 0. The molecule has 1 aromatic heterocycles. The maximum Gasteiger partial charge on any atom is 0.261 e. The minimum Gasteiger partial charge on any atom is -0.497 e. The van der Waals surface area contributed by atoms with Crippen molar-refractivity contribution < 1.29 is 9.13 Å². The molecule has 0 saturated heterocycles. The molecule has 3 aromatic rings. The Hall–Kier alpha value is -3.46. The lowest BCUT2D eigenvalue weighted by atomic mass is 9.84. The third-order valence-electron chi connectivity index (χ3n) is 7.34. The van der Waals surface area contributed by atoms with Crippen LogP contribution in [0.5, 0.6) is 5.75 Å². The van der Waals surface area contributed by atoms with Crippen LogP contribution in [0.15, 0.2) is 47.3 Å². The Kier molecular flexibility index (Phi) is 7.65. The fraction of sp³-hybridized carbons (Fsp3) is 0.414. The summed E-state index contributed by atoms with van der Waals surface area (Å²) >= 11 is 0. The molecule has 182 valence electrons. The Morgan fingerprint density at radius 2 is 1.74 bits per heavy atom. The quantitative estimate of drug-likeness (QED) is 0.419. The predicted molar refractivity (Wildman–Crippen MR) is 136 cm³/mol. The van der Waals surface area contributed by atoms with Crippen LogP contribution in [0.2, 0.25) is 0 Å². The van der Waals surface area contributed by atoms with Gasteiger partial charge in [-0.15, -0.1) is 0 Å². The molecule has 0 N–H and O–H groups in total. The summed E-state index contributed by atoms with van der Waals surface area (Å²) in [4.78, 5) is 18.8. The van der Waals surface area contributed by atoms with Crippen molar-refractivity contribution in [2.24, 2.45) is 13.0 Å². The van der Waals surface area contributed by atoms with Gasteiger partial charge in [0.2, 0.25) is 0 Å². The second-order valence-corrected chi connectivity index (χ2v) is 9.43. The highest BCUT2D eigenvalue weighted by atomic mass is 19.1. The van der Waals surface area contributed by atoms with Gasteiger partial charge < -0.3 is 4.74 Å². The van der Waals surface area contributed by atoms with E-state index in [-0.39, 0.29) is 17.0 Å². The normalized spacial score (nSPS) is 18.4. The van der Waals surface area contributed by atoms with Crippen molar-refractivity contribution >= 4 is 0 Å². The van der Waals surface area contributed by atoms with E-state index in [1.807, 2.05) is 18.2 Å². The molecule has 1 saturated carbocycles. The van der Waals surface area contributed by atoms with Gasteiger partial charge >= 0.3 is 0 Å². The molecule has 6 heteroatoms. The average molecular weight is 474 g/mol. The van der Waals surface area contributed by atoms with Gasteiger partial charge in [0.05, 0.1) is 23.9 Å². The number of nitrogens with zero attached hydrogens (tertiary/aromatic N) is 3. The number of halogens is 1. The summed E-state index contributed by atoms with van der Waals surface area (Å²) in [6, 6.07) is 13.5. The molecule has 5 nitrogen and oxygen atoms in total. The SMILES string of the molecule is CCC1CCCC(c2nc(-c3ccc(C#N)c(F)c3)c(-c3ccc(OC)cc3)c(=O)n2C)CCC1. The standard InChI is InChI=1S/C29H32FN3O2/c1-4-19-7-5-9-21(10-6-8-19)28-32-27(22-11-12-23(18-31)25(30)17-22)26(29(34)33(28)2)20-13-15-24(35-3)16-14-20/h11-17,19,21H,4-10H2,1-3H3. The van der Waals surface area contributed by atoms with Crippen LogP contribution in [-0.4, -0.2) is 16.7 Å². The Morgan fingerprint density at radius 3 is 2.31 bits per heavy atom. The van der Waals surface area contributed by atoms with Gasteiger partial charge in [-0.1, -0.05) is 57.2 Å². The van der Waals surface area contributed by atoms with E-state index in [4.69, 9.17) is 9.72 Å². The van der Waals surface area contributed by atoms with Crippen LogP contribution in [0.3, 0.4) is 0 Å². The van der Waals surface area contributed by atoms with E-state index in [2.05, 4.69) is 6.92 Å². The van der Waals surface area contributed by atoms with E-state index in [0.717, 1.165) is 37.4 Å². The number of aromatic nitrogens is 2.